The Labute approximate surface area is 208 Å². The Morgan fingerprint density at radius 2 is 1.84 bits per heavy atom. The summed E-state index contributed by atoms with van der Waals surface area (Å²) in [5.74, 6) is -7.43. The third-order valence-corrected chi connectivity index (χ3v) is 6.59. The monoisotopic (exact) mass is 519 g/mol. The summed E-state index contributed by atoms with van der Waals surface area (Å²) >= 11 is 0. The van der Waals surface area contributed by atoms with Crippen molar-refractivity contribution in [2.45, 2.75) is 31.4 Å². The van der Waals surface area contributed by atoms with Crippen molar-refractivity contribution in [2.24, 2.45) is 11.8 Å². The van der Waals surface area contributed by atoms with E-state index in [1.807, 2.05) is 0 Å². The fourth-order valence-electron chi connectivity index (χ4n) is 5.25. The summed E-state index contributed by atoms with van der Waals surface area (Å²) in [7, 11) is 3.11. The van der Waals surface area contributed by atoms with Crippen LogP contribution >= 0.6 is 0 Å². The van der Waals surface area contributed by atoms with Crippen LogP contribution in [0.2, 0.25) is 0 Å². The zero-order valence-corrected chi connectivity index (χ0v) is 20.5. The van der Waals surface area contributed by atoms with Crippen LogP contribution in [-0.4, -0.2) is 68.4 Å². The Balaban J connectivity index is 0.00000289. The van der Waals surface area contributed by atoms with E-state index in [-0.39, 0.29) is 62.3 Å². The summed E-state index contributed by atoms with van der Waals surface area (Å²) in [5, 5.41) is 44.1. The summed E-state index contributed by atoms with van der Waals surface area (Å²) in [5.41, 5.74) is -3.81. The van der Waals surface area contributed by atoms with Crippen LogP contribution in [-0.2, 0) is 47.1 Å². The van der Waals surface area contributed by atoms with E-state index in [1.54, 1.807) is 14.1 Å². The molecule has 4 aliphatic carbocycles. The number of carbonyl (C=O) groups excluding carboxylic acids is 3. The van der Waals surface area contributed by atoms with E-state index in [0.29, 0.717) is 0 Å². The summed E-state index contributed by atoms with van der Waals surface area (Å²) in [6.45, 7) is 1.05. The minimum atomic E-state index is -2.54. The molecule has 0 fully saturated rings. The second-order valence-corrected chi connectivity index (χ2v) is 8.49. The van der Waals surface area contributed by atoms with Gasteiger partial charge in [0.25, 0.3) is 0 Å². The van der Waals surface area contributed by atoms with Crippen molar-refractivity contribution in [3.63, 3.8) is 0 Å². The number of hydrogen-bond donors (Lipinski definition) is 4. The van der Waals surface area contributed by atoms with Crippen LogP contribution in [0.4, 0.5) is 4.39 Å². The second kappa shape index (κ2) is 8.13. The van der Waals surface area contributed by atoms with Gasteiger partial charge < -0.3 is 25.2 Å². The molecule has 4 atom stereocenters. The van der Waals surface area contributed by atoms with E-state index in [0.717, 1.165) is 13.0 Å². The Bertz CT molecular complexity index is 1110. The van der Waals surface area contributed by atoms with Crippen molar-refractivity contribution < 1.29 is 71.9 Å². The van der Waals surface area contributed by atoms with Gasteiger partial charge in [0.05, 0.1) is 17.6 Å². The molecule has 0 bridgehead atoms. The number of allylic oxidation sites excluding steroid dienone is 6. The number of rotatable bonds is 2. The molecule has 8 nitrogen and oxygen atoms in total. The predicted octanol–water partition coefficient (Wildman–Crippen LogP) is 1.46. The summed E-state index contributed by atoms with van der Waals surface area (Å²) in [6, 6.07) is -1.07. The van der Waals surface area contributed by atoms with Crippen molar-refractivity contribution in [1.29, 1.82) is 0 Å². The number of aliphatic hydroxyl groups is 4. The number of carbonyl (C=O) groups is 3. The summed E-state index contributed by atoms with van der Waals surface area (Å²) in [6.07, 6.45) is 2.94. The molecule has 0 saturated heterocycles. The first kappa shape index (κ1) is 24.7. The quantitative estimate of drug-likeness (QED) is 0.318. The molecule has 32 heavy (non-hydrogen) atoms. The van der Waals surface area contributed by atoms with Gasteiger partial charge in [0.2, 0.25) is 0 Å². The molecule has 0 spiro atoms. The van der Waals surface area contributed by atoms with Gasteiger partial charge in [-0.3, -0.25) is 18.9 Å². The molecular weight excluding hydrogens is 498 g/mol. The number of ketones is 3. The number of nitrogens with zero attached hydrogens (tertiary/aromatic N) is 1. The maximum atomic E-state index is 14.4. The van der Waals surface area contributed by atoms with Gasteiger partial charge in [-0.15, -0.1) is 17.7 Å². The molecule has 0 aromatic heterocycles. The van der Waals surface area contributed by atoms with E-state index in [4.69, 9.17) is 0 Å². The van der Waals surface area contributed by atoms with Crippen LogP contribution in [0.15, 0.2) is 51.5 Å². The van der Waals surface area contributed by atoms with Crippen molar-refractivity contribution >= 4 is 17.3 Å². The van der Waals surface area contributed by atoms with E-state index in [9.17, 15) is 39.2 Å². The van der Waals surface area contributed by atoms with Gasteiger partial charge >= 0.3 is 0 Å². The van der Waals surface area contributed by atoms with Gasteiger partial charge in [-0.05, 0) is 45.4 Å². The van der Waals surface area contributed by atoms with Crippen LogP contribution in [0.5, 0.6) is 0 Å². The maximum Gasteiger partial charge on any atom is 0.187 e. The van der Waals surface area contributed by atoms with Crippen LogP contribution in [0, 0.1) is 17.9 Å². The first-order valence-electron chi connectivity index (χ1n) is 9.70. The maximum absolute atomic E-state index is 14.4. The molecule has 2 unspecified atom stereocenters. The molecule has 0 aliphatic heterocycles. The molecule has 10 heteroatoms. The number of hydrogen-bond acceptors (Lipinski definition) is 8. The SMILES string of the molecule is CC(=O)C1=C(O)[C@@]2(O)C(O)=C3C(O)=C4C(=O)[C-]=CC(F)=C4CC3CC2[C@H](N(C)C)C1=O.[Y]. The third kappa shape index (κ3) is 3.13. The first-order chi connectivity index (χ1) is 14.4. The minimum Gasteiger partial charge on any atom is -0.520 e. The molecule has 4 aliphatic rings. The fraction of sp³-hybridized carbons (Fsp3) is 0.409. The average Bonchev–Trinajstić information content (AvgIpc) is 2.67. The molecular formula is C22H21FNO7Y-. The van der Waals surface area contributed by atoms with Gasteiger partial charge in [-0.1, -0.05) is 0 Å². The van der Waals surface area contributed by atoms with Gasteiger partial charge in [-0.2, -0.15) is 0 Å². The van der Waals surface area contributed by atoms with Crippen molar-refractivity contribution in [3.05, 3.63) is 57.5 Å². The Morgan fingerprint density at radius 1 is 1.22 bits per heavy atom. The fourth-order valence-corrected chi connectivity index (χ4v) is 5.25. The van der Waals surface area contributed by atoms with Gasteiger partial charge in [-0.25, -0.2) is 0 Å². The molecule has 4 N–H and O–H groups in total. The minimum absolute atomic E-state index is 0. The number of fused-ring (bicyclic) bond motifs is 3. The number of Topliss-reactive ketones (excluding diaryl/α,β-unsaturated/α-hetero) is 3. The number of aliphatic hydroxyl groups excluding tert-OH is 3. The third-order valence-electron chi connectivity index (χ3n) is 6.59. The van der Waals surface area contributed by atoms with E-state index in [2.05, 4.69) is 6.08 Å². The van der Waals surface area contributed by atoms with Crippen LogP contribution < -0.4 is 0 Å². The summed E-state index contributed by atoms with van der Waals surface area (Å²) in [4.78, 5) is 38.8. The first-order valence-corrected chi connectivity index (χ1v) is 9.70. The molecule has 0 amide bonds. The van der Waals surface area contributed by atoms with Crippen LogP contribution in [0.3, 0.4) is 0 Å². The molecule has 1 radical (unpaired) electrons. The molecule has 0 saturated carbocycles. The van der Waals surface area contributed by atoms with Crippen LogP contribution in [0.25, 0.3) is 0 Å². The van der Waals surface area contributed by atoms with Gasteiger partial charge in [0, 0.05) is 50.0 Å². The molecule has 4 rings (SSSR count). The van der Waals surface area contributed by atoms with E-state index < -0.39 is 69.5 Å². The molecule has 0 aromatic carbocycles. The number of likely N-dealkylation sites (N-methyl/N-ethyl adjacent to an activating group) is 1. The van der Waals surface area contributed by atoms with Gasteiger partial charge in [0.1, 0.15) is 17.1 Å². The number of halogens is 1. The summed E-state index contributed by atoms with van der Waals surface area (Å²) < 4.78 is 14.4. The predicted molar refractivity (Wildman–Crippen MR) is 104 cm³/mol. The van der Waals surface area contributed by atoms with Crippen LogP contribution in [0.1, 0.15) is 19.8 Å². The van der Waals surface area contributed by atoms with E-state index >= 15 is 0 Å². The zero-order chi connectivity index (χ0) is 23.0. The Kier molecular flexibility index (Phi) is 6.28. The normalized spacial score (nSPS) is 32.1. The molecule has 0 heterocycles. The topological polar surface area (TPSA) is 135 Å². The van der Waals surface area contributed by atoms with Crippen molar-refractivity contribution in [3.8, 4) is 0 Å². The standard InChI is InChI=1S/C22H21FNO7.Y/c1-8(25)14-19(28)17(24(2)3)11-7-9-6-10-12(23)4-5-13(26)16(10)18(27)15(9)21(30)22(11,31)20(14)29;/h4,9,11,17,27,29-31H,6-7H2,1-3H3;/q-1;/t9?,11?,17-,22+;/m0./s1. The smallest absolute Gasteiger partial charge is 0.187 e. The average molecular weight is 519 g/mol. The van der Waals surface area contributed by atoms with Crippen molar-refractivity contribution in [1.82, 2.24) is 4.90 Å². The Morgan fingerprint density at radius 3 is 2.41 bits per heavy atom. The van der Waals surface area contributed by atoms with Crippen molar-refractivity contribution in [2.75, 3.05) is 14.1 Å². The second-order valence-electron chi connectivity index (χ2n) is 8.49. The molecule has 167 valence electrons. The zero-order valence-electron chi connectivity index (χ0n) is 17.6. The van der Waals surface area contributed by atoms with E-state index in [1.165, 1.54) is 4.90 Å². The molecule has 0 aromatic rings. The van der Waals surface area contributed by atoms with Gasteiger partial charge in [0.15, 0.2) is 17.2 Å². The Hall–Kier alpha value is -1.94. The largest absolute Gasteiger partial charge is 0.520 e.